The van der Waals surface area contributed by atoms with E-state index in [1.54, 1.807) is 0 Å². The molecule has 0 aromatic heterocycles. The Morgan fingerprint density at radius 3 is 2.60 bits per heavy atom. The smallest absolute Gasteiger partial charge is 0.262 e. The minimum atomic E-state index is -0.844. The second kappa shape index (κ2) is 5.66. The molecule has 20 heavy (non-hydrogen) atoms. The number of rotatable bonds is 3. The van der Waals surface area contributed by atoms with Gasteiger partial charge in [0.25, 0.3) is 5.91 Å². The molecular weight excluding hydrogens is 266 g/mol. The van der Waals surface area contributed by atoms with E-state index in [0.717, 1.165) is 12.1 Å². The lowest BCUT2D eigenvalue weighted by Gasteiger charge is -2.09. The van der Waals surface area contributed by atoms with Gasteiger partial charge in [0.1, 0.15) is 22.9 Å². The monoisotopic (exact) mass is 278 g/mol. The van der Waals surface area contributed by atoms with Crippen molar-refractivity contribution in [3.63, 3.8) is 0 Å². The number of anilines is 1. The second-order valence-corrected chi connectivity index (χ2v) is 4.10. The van der Waals surface area contributed by atoms with Gasteiger partial charge < -0.3 is 16.2 Å². The Balaban J connectivity index is 2.28. The van der Waals surface area contributed by atoms with Gasteiger partial charge in [-0.1, -0.05) is 6.07 Å². The third-order valence-corrected chi connectivity index (χ3v) is 2.74. The number of nitrogens with two attached hydrogens (primary N) is 1. The van der Waals surface area contributed by atoms with Crippen molar-refractivity contribution in [1.82, 2.24) is 0 Å². The molecule has 104 valence electrons. The van der Waals surface area contributed by atoms with E-state index in [1.807, 2.05) is 0 Å². The predicted molar refractivity (Wildman–Crippen MR) is 70.3 cm³/mol. The highest BCUT2D eigenvalue weighted by Crippen LogP contribution is 2.22. The number of phenolic OH excluding ortho intramolecular Hbond substituents is 1. The highest BCUT2D eigenvalue weighted by Gasteiger charge is 2.16. The maximum atomic E-state index is 13.5. The van der Waals surface area contributed by atoms with Gasteiger partial charge in [0.05, 0.1) is 0 Å². The summed E-state index contributed by atoms with van der Waals surface area (Å²) in [6.45, 7) is -0.0273. The third-order valence-electron chi connectivity index (χ3n) is 2.74. The van der Waals surface area contributed by atoms with Crippen LogP contribution in [0.4, 0.5) is 14.5 Å². The van der Waals surface area contributed by atoms with Crippen LogP contribution in [0.25, 0.3) is 0 Å². The normalized spacial score (nSPS) is 10.3. The highest BCUT2D eigenvalue weighted by molar-refractivity contribution is 6.06. The molecule has 0 heterocycles. The lowest BCUT2D eigenvalue weighted by atomic mass is 10.1. The van der Waals surface area contributed by atoms with Crippen LogP contribution in [0.5, 0.6) is 5.75 Å². The molecule has 4 N–H and O–H groups in total. The third kappa shape index (κ3) is 2.75. The number of benzene rings is 2. The fourth-order valence-electron chi connectivity index (χ4n) is 1.74. The zero-order valence-corrected chi connectivity index (χ0v) is 10.4. The molecule has 2 aromatic rings. The van der Waals surface area contributed by atoms with Crippen molar-refractivity contribution >= 4 is 11.6 Å². The molecule has 0 bridgehead atoms. The Morgan fingerprint density at radius 2 is 1.95 bits per heavy atom. The molecule has 0 saturated carbocycles. The summed E-state index contributed by atoms with van der Waals surface area (Å²) in [6, 6.07) is 7.37. The van der Waals surface area contributed by atoms with Gasteiger partial charge in [0.2, 0.25) is 0 Å². The van der Waals surface area contributed by atoms with Crippen LogP contribution >= 0.6 is 0 Å². The Hall–Kier alpha value is -2.47. The zero-order chi connectivity index (χ0) is 14.7. The van der Waals surface area contributed by atoms with Crippen molar-refractivity contribution < 1.29 is 18.7 Å². The lowest BCUT2D eigenvalue weighted by molar-refractivity contribution is 0.102. The summed E-state index contributed by atoms with van der Waals surface area (Å²) < 4.78 is 26.8. The van der Waals surface area contributed by atoms with E-state index >= 15 is 0 Å². The van der Waals surface area contributed by atoms with E-state index in [1.165, 1.54) is 24.3 Å². The fourth-order valence-corrected chi connectivity index (χ4v) is 1.74. The Bertz CT molecular complexity index is 639. The van der Waals surface area contributed by atoms with Crippen LogP contribution in [0.2, 0.25) is 0 Å². The fraction of sp³-hybridized carbons (Fsp3) is 0.0714. The average molecular weight is 278 g/mol. The highest BCUT2D eigenvalue weighted by atomic mass is 19.1. The molecule has 0 aliphatic carbocycles. The molecule has 0 radical (unpaired) electrons. The Kier molecular flexibility index (Phi) is 3.95. The van der Waals surface area contributed by atoms with Gasteiger partial charge >= 0.3 is 0 Å². The lowest BCUT2D eigenvalue weighted by Crippen LogP contribution is -2.14. The van der Waals surface area contributed by atoms with Gasteiger partial charge in [-0.25, -0.2) is 8.78 Å². The zero-order valence-electron chi connectivity index (χ0n) is 10.4. The van der Waals surface area contributed by atoms with Gasteiger partial charge in [-0.15, -0.1) is 0 Å². The van der Waals surface area contributed by atoms with Crippen molar-refractivity contribution in [1.29, 1.82) is 0 Å². The van der Waals surface area contributed by atoms with Crippen LogP contribution in [0, 0.1) is 11.6 Å². The molecule has 0 saturated heterocycles. The quantitative estimate of drug-likeness (QED) is 0.807. The molecule has 0 atom stereocenters. The predicted octanol–water partition coefficient (Wildman–Crippen LogP) is 2.38. The van der Waals surface area contributed by atoms with Crippen molar-refractivity contribution in [2.75, 3.05) is 5.32 Å². The Labute approximate surface area is 113 Å². The largest absolute Gasteiger partial charge is 0.507 e. The molecule has 0 fully saturated rings. The molecule has 0 aliphatic heterocycles. The topological polar surface area (TPSA) is 75.3 Å². The van der Waals surface area contributed by atoms with Crippen LogP contribution in [-0.4, -0.2) is 11.0 Å². The summed E-state index contributed by atoms with van der Waals surface area (Å²) in [4.78, 5) is 11.9. The van der Waals surface area contributed by atoms with E-state index in [9.17, 15) is 18.7 Å². The first-order chi connectivity index (χ1) is 9.52. The van der Waals surface area contributed by atoms with Crippen LogP contribution < -0.4 is 11.1 Å². The maximum absolute atomic E-state index is 13.5. The summed E-state index contributed by atoms with van der Waals surface area (Å²) >= 11 is 0. The molecule has 0 spiro atoms. The van der Waals surface area contributed by atoms with E-state index in [4.69, 9.17) is 5.73 Å². The van der Waals surface area contributed by atoms with Crippen molar-refractivity contribution in [3.05, 3.63) is 59.2 Å². The molecule has 2 rings (SSSR count). The van der Waals surface area contributed by atoms with Crippen LogP contribution in [0.1, 0.15) is 15.9 Å². The second-order valence-electron chi connectivity index (χ2n) is 4.10. The van der Waals surface area contributed by atoms with Crippen molar-refractivity contribution in [2.24, 2.45) is 5.73 Å². The number of carbonyl (C=O) groups is 1. The number of hydrogen-bond acceptors (Lipinski definition) is 3. The molecular formula is C14H12F2N2O2. The van der Waals surface area contributed by atoms with E-state index in [2.05, 4.69) is 5.32 Å². The standard InChI is InChI=1S/C14H12F2N2O2/c15-10-5-4-9(6-8(10)7-17)18-14(20)13-11(16)2-1-3-12(13)19/h1-6,19H,7,17H2,(H,18,20). The first-order valence-corrected chi connectivity index (χ1v) is 5.80. The first kappa shape index (κ1) is 14.0. The van der Waals surface area contributed by atoms with Gasteiger partial charge in [0.15, 0.2) is 0 Å². The minimum absolute atomic E-state index is 0.0273. The summed E-state index contributed by atoms with van der Waals surface area (Å²) in [5.74, 6) is -2.62. The number of aromatic hydroxyl groups is 1. The number of amides is 1. The van der Waals surface area contributed by atoms with Gasteiger partial charge in [0, 0.05) is 17.8 Å². The first-order valence-electron chi connectivity index (χ1n) is 5.80. The average Bonchev–Trinajstić information content (AvgIpc) is 2.40. The van der Waals surface area contributed by atoms with Crippen LogP contribution in [-0.2, 0) is 6.54 Å². The molecule has 0 aliphatic rings. The summed E-state index contributed by atoms with van der Waals surface area (Å²) in [5.41, 5.74) is 5.38. The van der Waals surface area contributed by atoms with E-state index in [0.29, 0.717) is 0 Å². The van der Waals surface area contributed by atoms with Gasteiger partial charge in [-0.3, -0.25) is 4.79 Å². The number of nitrogens with one attached hydrogen (secondary N) is 1. The summed E-state index contributed by atoms with van der Waals surface area (Å²) in [6.07, 6.45) is 0. The molecule has 2 aromatic carbocycles. The molecule has 1 amide bonds. The number of carbonyl (C=O) groups excluding carboxylic acids is 1. The minimum Gasteiger partial charge on any atom is -0.507 e. The van der Waals surface area contributed by atoms with Gasteiger partial charge in [-0.05, 0) is 30.3 Å². The number of phenols is 1. The number of halogens is 2. The van der Waals surface area contributed by atoms with E-state index < -0.39 is 28.9 Å². The van der Waals surface area contributed by atoms with E-state index in [-0.39, 0.29) is 17.8 Å². The van der Waals surface area contributed by atoms with Gasteiger partial charge in [-0.2, -0.15) is 0 Å². The molecule has 0 unspecified atom stereocenters. The number of hydrogen-bond donors (Lipinski definition) is 3. The molecule has 6 heteroatoms. The van der Waals surface area contributed by atoms with Crippen molar-refractivity contribution in [3.8, 4) is 5.75 Å². The van der Waals surface area contributed by atoms with Crippen molar-refractivity contribution in [2.45, 2.75) is 6.54 Å². The summed E-state index contributed by atoms with van der Waals surface area (Å²) in [7, 11) is 0. The summed E-state index contributed by atoms with van der Waals surface area (Å²) in [5, 5.41) is 11.9. The van der Waals surface area contributed by atoms with Crippen LogP contribution in [0.3, 0.4) is 0 Å². The molecule has 4 nitrogen and oxygen atoms in total. The maximum Gasteiger partial charge on any atom is 0.262 e. The SMILES string of the molecule is NCc1cc(NC(=O)c2c(O)cccc2F)ccc1F. The Morgan fingerprint density at radius 1 is 1.20 bits per heavy atom. The van der Waals surface area contributed by atoms with Crippen LogP contribution in [0.15, 0.2) is 36.4 Å².